The molecule has 0 aromatic carbocycles. The third-order valence-electron chi connectivity index (χ3n) is 3.40. The van der Waals surface area contributed by atoms with Crippen molar-refractivity contribution in [1.82, 2.24) is 0 Å². The number of hydrogen-bond donors (Lipinski definition) is 0. The minimum atomic E-state index is -0.653. The van der Waals surface area contributed by atoms with Crippen LogP contribution in [0.5, 0.6) is 0 Å². The van der Waals surface area contributed by atoms with Crippen LogP contribution >= 0.6 is 0 Å². The van der Waals surface area contributed by atoms with E-state index in [1.165, 1.54) is 0 Å². The van der Waals surface area contributed by atoms with Crippen molar-refractivity contribution in [3.05, 3.63) is 0 Å². The van der Waals surface area contributed by atoms with E-state index in [0.29, 0.717) is 12.8 Å². The molecule has 0 aromatic heterocycles. The SMILES string of the molecule is CCOC(=O)[C@H]1CC(=O)[C@@H]2CCC[C@H]1C(=O)O2. The van der Waals surface area contributed by atoms with E-state index in [0.717, 1.165) is 6.42 Å². The van der Waals surface area contributed by atoms with Gasteiger partial charge < -0.3 is 9.47 Å². The van der Waals surface area contributed by atoms with Crippen molar-refractivity contribution >= 4 is 17.7 Å². The fraction of sp³-hybridized carbons (Fsp3) is 0.750. The average Bonchev–Trinajstić information content (AvgIpc) is 2.52. The molecule has 2 heterocycles. The number of rotatable bonds is 2. The molecule has 0 spiro atoms. The summed E-state index contributed by atoms with van der Waals surface area (Å²) in [7, 11) is 0. The highest BCUT2D eigenvalue weighted by Crippen LogP contribution is 2.34. The Morgan fingerprint density at radius 2 is 2.18 bits per heavy atom. The summed E-state index contributed by atoms with van der Waals surface area (Å²) in [6.07, 6.45) is 1.35. The number of ketones is 1. The molecule has 2 fully saturated rings. The highest BCUT2D eigenvalue weighted by atomic mass is 16.6. The molecule has 94 valence electrons. The van der Waals surface area contributed by atoms with Crippen molar-refractivity contribution in [1.29, 1.82) is 0 Å². The molecule has 5 nitrogen and oxygen atoms in total. The third kappa shape index (κ3) is 2.33. The lowest BCUT2D eigenvalue weighted by molar-refractivity contribution is -0.159. The van der Waals surface area contributed by atoms with Gasteiger partial charge in [-0.05, 0) is 26.2 Å². The number of esters is 2. The van der Waals surface area contributed by atoms with Gasteiger partial charge in [-0.2, -0.15) is 0 Å². The van der Waals surface area contributed by atoms with Crippen LogP contribution < -0.4 is 0 Å². The van der Waals surface area contributed by atoms with E-state index in [9.17, 15) is 14.4 Å². The lowest BCUT2D eigenvalue weighted by atomic mass is 9.82. The van der Waals surface area contributed by atoms with Crippen molar-refractivity contribution in [3.8, 4) is 0 Å². The zero-order chi connectivity index (χ0) is 12.4. The van der Waals surface area contributed by atoms with Gasteiger partial charge in [-0.25, -0.2) is 0 Å². The molecule has 0 amide bonds. The van der Waals surface area contributed by atoms with Gasteiger partial charge in [0.05, 0.1) is 18.4 Å². The predicted octanol–water partition coefficient (Wildman–Crippen LogP) is 0.850. The quantitative estimate of drug-likeness (QED) is 0.669. The van der Waals surface area contributed by atoms with Crippen molar-refractivity contribution in [2.75, 3.05) is 6.61 Å². The first-order valence-corrected chi connectivity index (χ1v) is 6.03. The molecule has 17 heavy (non-hydrogen) atoms. The van der Waals surface area contributed by atoms with Crippen molar-refractivity contribution in [2.24, 2.45) is 11.8 Å². The van der Waals surface area contributed by atoms with Crippen molar-refractivity contribution in [3.63, 3.8) is 0 Å². The topological polar surface area (TPSA) is 69.7 Å². The second-order valence-corrected chi connectivity index (χ2v) is 4.49. The Hall–Kier alpha value is -1.39. The molecule has 2 aliphatic rings. The normalized spacial score (nSPS) is 32.6. The monoisotopic (exact) mass is 240 g/mol. The van der Waals surface area contributed by atoms with Crippen LogP contribution in [-0.2, 0) is 23.9 Å². The van der Waals surface area contributed by atoms with E-state index in [-0.39, 0.29) is 18.8 Å². The number of carbonyl (C=O) groups is 3. The average molecular weight is 240 g/mol. The molecule has 2 bridgehead atoms. The summed E-state index contributed by atoms with van der Waals surface area (Å²) in [4.78, 5) is 35.3. The Labute approximate surface area is 99.5 Å². The second-order valence-electron chi connectivity index (χ2n) is 4.49. The summed E-state index contributed by atoms with van der Waals surface area (Å²) in [6.45, 7) is 1.97. The number of carbonyl (C=O) groups excluding carboxylic acids is 3. The van der Waals surface area contributed by atoms with Crippen LogP contribution in [-0.4, -0.2) is 30.4 Å². The van der Waals surface area contributed by atoms with E-state index in [4.69, 9.17) is 9.47 Å². The van der Waals surface area contributed by atoms with Gasteiger partial charge in [0.15, 0.2) is 11.9 Å². The zero-order valence-electron chi connectivity index (χ0n) is 9.81. The summed E-state index contributed by atoms with van der Waals surface area (Å²) < 4.78 is 10.0. The summed E-state index contributed by atoms with van der Waals surface area (Å²) >= 11 is 0. The first-order valence-electron chi connectivity index (χ1n) is 6.03. The van der Waals surface area contributed by atoms with Crippen molar-refractivity contribution < 1.29 is 23.9 Å². The first-order chi connectivity index (χ1) is 8.13. The second kappa shape index (κ2) is 4.85. The molecule has 0 saturated carbocycles. The fourth-order valence-electron chi connectivity index (χ4n) is 2.51. The third-order valence-corrected chi connectivity index (χ3v) is 3.40. The molecule has 0 N–H and O–H groups in total. The molecular formula is C12H16O5. The highest BCUT2D eigenvalue weighted by molar-refractivity contribution is 5.94. The molecule has 5 heteroatoms. The van der Waals surface area contributed by atoms with Crippen LogP contribution in [0.25, 0.3) is 0 Å². The van der Waals surface area contributed by atoms with Crippen LogP contribution in [0.4, 0.5) is 0 Å². The molecule has 2 rings (SSSR count). The minimum Gasteiger partial charge on any atom is -0.466 e. The molecule has 0 radical (unpaired) electrons. The van der Waals surface area contributed by atoms with Gasteiger partial charge in [0, 0.05) is 6.42 Å². The Balaban J connectivity index is 2.23. The molecule has 3 atom stereocenters. The van der Waals surface area contributed by atoms with Gasteiger partial charge in [0.25, 0.3) is 0 Å². The van der Waals surface area contributed by atoms with Gasteiger partial charge in [-0.1, -0.05) is 0 Å². The maximum Gasteiger partial charge on any atom is 0.310 e. The number of ether oxygens (including phenoxy) is 2. The van der Waals surface area contributed by atoms with Gasteiger partial charge in [-0.3, -0.25) is 14.4 Å². The summed E-state index contributed by atoms with van der Waals surface area (Å²) in [5, 5.41) is 0. The highest BCUT2D eigenvalue weighted by Gasteiger charge is 2.45. The predicted molar refractivity (Wildman–Crippen MR) is 57.0 cm³/mol. The summed E-state index contributed by atoms with van der Waals surface area (Å²) in [6, 6.07) is 0. The smallest absolute Gasteiger partial charge is 0.310 e. The number of fused-ring (bicyclic) bond motifs is 3. The maximum absolute atomic E-state index is 11.8. The molecule has 0 aliphatic carbocycles. The van der Waals surface area contributed by atoms with Gasteiger partial charge in [0.1, 0.15) is 0 Å². The lowest BCUT2D eigenvalue weighted by Crippen LogP contribution is -2.31. The van der Waals surface area contributed by atoms with E-state index in [1.807, 2.05) is 0 Å². The Bertz CT molecular complexity index is 349. The zero-order valence-corrected chi connectivity index (χ0v) is 9.81. The van der Waals surface area contributed by atoms with Gasteiger partial charge >= 0.3 is 11.9 Å². The van der Waals surface area contributed by atoms with Gasteiger partial charge in [-0.15, -0.1) is 0 Å². The number of hydrogen-bond acceptors (Lipinski definition) is 5. The number of Topliss-reactive ketones (excluding diaryl/α,β-unsaturated/α-hetero) is 1. The molecule has 2 aliphatic heterocycles. The van der Waals surface area contributed by atoms with Crippen LogP contribution in [0.3, 0.4) is 0 Å². The van der Waals surface area contributed by atoms with Crippen molar-refractivity contribution in [2.45, 2.75) is 38.7 Å². The van der Waals surface area contributed by atoms with E-state index >= 15 is 0 Å². The molecule has 2 saturated heterocycles. The summed E-state index contributed by atoms with van der Waals surface area (Å²) in [5.41, 5.74) is 0. The minimum absolute atomic E-state index is 0.0694. The molecule has 0 aromatic rings. The maximum atomic E-state index is 11.8. The van der Waals surface area contributed by atoms with E-state index < -0.39 is 29.9 Å². The fourth-order valence-corrected chi connectivity index (χ4v) is 2.51. The Morgan fingerprint density at radius 3 is 2.88 bits per heavy atom. The first kappa shape index (κ1) is 12.1. The largest absolute Gasteiger partial charge is 0.466 e. The standard InChI is InChI=1S/C12H16O5/c1-2-16-11(14)8-6-9(13)10-5-3-4-7(8)12(15)17-10/h7-8,10H,2-6H2,1H3/t7-,8+,10+/m1/s1. The van der Waals surface area contributed by atoms with Gasteiger partial charge in [0.2, 0.25) is 0 Å². The molecular weight excluding hydrogens is 224 g/mol. The van der Waals surface area contributed by atoms with Crippen LogP contribution in [0.2, 0.25) is 0 Å². The lowest BCUT2D eigenvalue weighted by Gasteiger charge is -2.20. The molecule has 0 unspecified atom stereocenters. The van der Waals surface area contributed by atoms with Crippen LogP contribution in [0.15, 0.2) is 0 Å². The summed E-state index contributed by atoms with van der Waals surface area (Å²) in [5.74, 6) is -2.19. The van der Waals surface area contributed by atoms with Crippen LogP contribution in [0.1, 0.15) is 32.6 Å². The van der Waals surface area contributed by atoms with E-state index in [1.54, 1.807) is 6.92 Å². The van der Waals surface area contributed by atoms with E-state index in [2.05, 4.69) is 0 Å². The Kier molecular flexibility index (Phi) is 3.45. The Morgan fingerprint density at radius 1 is 1.41 bits per heavy atom. The van der Waals surface area contributed by atoms with Crippen LogP contribution in [0, 0.1) is 11.8 Å².